The van der Waals surface area contributed by atoms with Crippen LogP contribution in [0.3, 0.4) is 0 Å². The van der Waals surface area contributed by atoms with Crippen LogP contribution in [0.2, 0.25) is 0 Å². The molecule has 105 valence electrons. The molecule has 0 bridgehead atoms. The second kappa shape index (κ2) is 8.05. The Bertz CT molecular complexity index is 362. The third kappa shape index (κ3) is 5.11. The maximum atomic E-state index is 5.73. The lowest BCUT2D eigenvalue weighted by Gasteiger charge is -2.26. The summed E-state index contributed by atoms with van der Waals surface area (Å²) in [6, 6.07) is 7.79. The van der Waals surface area contributed by atoms with Gasteiger partial charge < -0.3 is 14.4 Å². The molecule has 1 aliphatic heterocycles. The summed E-state index contributed by atoms with van der Waals surface area (Å²) in [5, 5.41) is 0. The van der Waals surface area contributed by atoms with E-state index in [4.69, 9.17) is 9.47 Å². The molecule has 1 radical (unpaired) electrons. The topological polar surface area (TPSA) is 21.7 Å². The number of ether oxygens (including phenoxy) is 2. The van der Waals surface area contributed by atoms with Gasteiger partial charge >= 0.3 is 0 Å². The predicted octanol–water partition coefficient (Wildman–Crippen LogP) is 3.15. The average Bonchev–Trinajstić information content (AvgIpc) is 2.48. The van der Waals surface area contributed by atoms with Crippen molar-refractivity contribution in [2.24, 2.45) is 0 Å². The van der Waals surface area contributed by atoms with E-state index in [-0.39, 0.29) is 0 Å². The fourth-order valence-electron chi connectivity index (χ4n) is 2.35. The maximum absolute atomic E-state index is 5.73. The SMILES string of the molecule is COc1cccc(OCCCCN2CC[CH]CC2)c1. The first-order valence-corrected chi connectivity index (χ1v) is 7.19. The van der Waals surface area contributed by atoms with Crippen LogP contribution in [0.25, 0.3) is 0 Å². The largest absolute Gasteiger partial charge is 0.497 e. The maximum Gasteiger partial charge on any atom is 0.122 e. The smallest absolute Gasteiger partial charge is 0.122 e. The first-order valence-electron chi connectivity index (χ1n) is 7.19. The minimum atomic E-state index is 0.785. The molecule has 1 aromatic rings. The summed E-state index contributed by atoms with van der Waals surface area (Å²) in [5.74, 6) is 1.74. The fourth-order valence-corrected chi connectivity index (χ4v) is 2.35. The number of hydrogen-bond acceptors (Lipinski definition) is 3. The van der Waals surface area contributed by atoms with Gasteiger partial charge in [-0.3, -0.25) is 0 Å². The number of methoxy groups -OCH3 is 1. The van der Waals surface area contributed by atoms with Crippen molar-refractivity contribution in [1.82, 2.24) is 4.90 Å². The van der Waals surface area contributed by atoms with E-state index in [1.54, 1.807) is 7.11 Å². The Kier molecular flexibility index (Phi) is 6.02. The van der Waals surface area contributed by atoms with Gasteiger partial charge in [-0.2, -0.15) is 0 Å². The Labute approximate surface area is 116 Å². The number of benzene rings is 1. The monoisotopic (exact) mass is 262 g/mol. The summed E-state index contributed by atoms with van der Waals surface area (Å²) in [6.45, 7) is 4.45. The van der Waals surface area contributed by atoms with Crippen LogP contribution in [0.15, 0.2) is 24.3 Å². The first-order chi connectivity index (χ1) is 9.38. The van der Waals surface area contributed by atoms with Crippen LogP contribution in [0.1, 0.15) is 25.7 Å². The average molecular weight is 262 g/mol. The van der Waals surface area contributed by atoms with E-state index < -0.39 is 0 Å². The molecular weight excluding hydrogens is 238 g/mol. The second-order valence-electron chi connectivity index (χ2n) is 4.94. The molecule has 0 unspecified atom stereocenters. The van der Waals surface area contributed by atoms with Crippen LogP contribution in [-0.2, 0) is 0 Å². The van der Waals surface area contributed by atoms with Gasteiger partial charge in [-0.05, 0) is 63.9 Å². The molecule has 19 heavy (non-hydrogen) atoms. The molecule has 3 heteroatoms. The van der Waals surface area contributed by atoms with E-state index in [1.165, 1.54) is 38.9 Å². The van der Waals surface area contributed by atoms with Gasteiger partial charge in [0.05, 0.1) is 13.7 Å². The summed E-state index contributed by atoms with van der Waals surface area (Å²) in [6.07, 6.45) is 7.21. The van der Waals surface area contributed by atoms with Gasteiger partial charge in [0.2, 0.25) is 0 Å². The van der Waals surface area contributed by atoms with Crippen molar-refractivity contribution in [1.29, 1.82) is 0 Å². The zero-order chi connectivity index (χ0) is 13.3. The molecule has 0 aliphatic carbocycles. The van der Waals surface area contributed by atoms with Crippen molar-refractivity contribution < 1.29 is 9.47 Å². The standard InChI is InChI=1S/C16H24NO2/c1-18-15-8-7-9-16(14-15)19-13-6-5-12-17-10-3-2-4-11-17/h2,7-9,14H,3-6,10-13H2,1H3. The quantitative estimate of drug-likeness (QED) is 0.705. The van der Waals surface area contributed by atoms with Gasteiger partial charge in [0, 0.05) is 6.07 Å². The Morgan fingerprint density at radius 2 is 1.89 bits per heavy atom. The minimum absolute atomic E-state index is 0.785. The van der Waals surface area contributed by atoms with Crippen molar-refractivity contribution in [2.45, 2.75) is 25.7 Å². The summed E-state index contributed by atoms with van der Waals surface area (Å²) < 4.78 is 10.9. The summed E-state index contributed by atoms with van der Waals surface area (Å²) in [5.41, 5.74) is 0. The summed E-state index contributed by atoms with van der Waals surface area (Å²) in [7, 11) is 1.68. The van der Waals surface area contributed by atoms with Crippen molar-refractivity contribution >= 4 is 0 Å². The van der Waals surface area contributed by atoms with Gasteiger partial charge in [-0.15, -0.1) is 0 Å². The minimum Gasteiger partial charge on any atom is -0.497 e. The van der Waals surface area contributed by atoms with E-state index >= 15 is 0 Å². The lowest BCUT2D eigenvalue weighted by atomic mass is 10.1. The molecule has 3 nitrogen and oxygen atoms in total. The molecule has 0 spiro atoms. The van der Waals surface area contributed by atoms with E-state index in [0.717, 1.165) is 24.5 Å². The molecule has 1 heterocycles. The van der Waals surface area contributed by atoms with Gasteiger partial charge in [-0.1, -0.05) is 6.07 Å². The molecule has 1 aliphatic rings. The molecule has 0 amide bonds. The highest BCUT2D eigenvalue weighted by Crippen LogP contribution is 2.19. The summed E-state index contributed by atoms with van der Waals surface area (Å²) >= 11 is 0. The van der Waals surface area contributed by atoms with Crippen LogP contribution in [0.4, 0.5) is 0 Å². The second-order valence-corrected chi connectivity index (χ2v) is 4.94. The van der Waals surface area contributed by atoms with Gasteiger partial charge in [0.15, 0.2) is 0 Å². The van der Waals surface area contributed by atoms with Gasteiger partial charge in [0.1, 0.15) is 11.5 Å². The van der Waals surface area contributed by atoms with E-state index in [9.17, 15) is 0 Å². The lowest BCUT2D eigenvalue weighted by molar-refractivity contribution is 0.235. The van der Waals surface area contributed by atoms with Gasteiger partial charge in [0.25, 0.3) is 0 Å². The van der Waals surface area contributed by atoms with Crippen LogP contribution < -0.4 is 9.47 Å². The predicted molar refractivity (Wildman–Crippen MR) is 77.7 cm³/mol. The molecule has 0 aromatic heterocycles. The number of nitrogens with zero attached hydrogens (tertiary/aromatic N) is 1. The van der Waals surface area contributed by atoms with Crippen molar-refractivity contribution in [3.8, 4) is 11.5 Å². The molecule has 0 saturated carbocycles. The number of likely N-dealkylation sites (tertiary alicyclic amines) is 1. The lowest BCUT2D eigenvalue weighted by Crippen LogP contribution is -2.30. The van der Waals surface area contributed by atoms with Gasteiger partial charge in [-0.25, -0.2) is 0 Å². The zero-order valence-corrected chi connectivity index (χ0v) is 11.8. The first kappa shape index (κ1) is 14.2. The Balaban J connectivity index is 1.58. The van der Waals surface area contributed by atoms with Crippen LogP contribution in [-0.4, -0.2) is 38.3 Å². The molecule has 1 aromatic carbocycles. The Morgan fingerprint density at radius 1 is 1.11 bits per heavy atom. The third-order valence-corrected chi connectivity index (χ3v) is 3.48. The molecule has 0 N–H and O–H groups in total. The number of hydrogen-bond donors (Lipinski definition) is 0. The van der Waals surface area contributed by atoms with Crippen LogP contribution in [0.5, 0.6) is 11.5 Å². The zero-order valence-electron chi connectivity index (χ0n) is 11.8. The van der Waals surface area contributed by atoms with Crippen molar-refractivity contribution in [3.63, 3.8) is 0 Å². The number of unbranched alkanes of at least 4 members (excludes halogenated alkanes) is 1. The molecule has 1 fully saturated rings. The van der Waals surface area contributed by atoms with Crippen molar-refractivity contribution in [3.05, 3.63) is 30.7 Å². The number of rotatable bonds is 7. The highest BCUT2D eigenvalue weighted by molar-refractivity contribution is 5.32. The normalized spacial score (nSPS) is 16.3. The number of piperidine rings is 1. The van der Waals surface area contributed by atoms with Crippen LogP contribution >= 0.6 is 0 Å². The Hall–Kier alpha value is -1.22. The Morgan fingerprint density at radius 3 is 2.68 bits per heavy atom. The fraction of sp³-hybridized carbons (Fsp3) is 0.562. The molecule has 0 atom stereocenters. The highest BCUT2D eigenvalue weighted by atomic mass is 16.5. The van der Waals surface area contributed by atoms with Crippen LogP contribution in [0, 0.1) is 6.42 Å². The summed E-state index contributed by atoms with van der Waals surface area (Å²) in [4.78, 5) is 2.55. The highest BCUT2D eigenvalue weighted by Gasteiger charge is 2.08. The third-order valence-electron chi connectivity index (χ3n) is 3.48. The van der Waals surface area contributed by atoms with Crippen molar-refractivity contribution in [2.75, 3.05) is 33.4 Å². The molecule has 1 saturated heterocycles. The molecule has 2 rings (SSSR count). The van der Waals surface area contributed by atoms with E-state index in [2.05, 4.69) is 11.3 Å². The molecular formula is C16H24NO2. The van der Waals surface area contributed by atoms with E-state index in [0.29, 0.717) is 0 Å². The van der Waals surface area contributed by atoms with E-state index in [1.807, 2.05) is 24.3 Å².